The van der Waals surface area contributed by atoms with Crippen LogP contribution >= 0.6 is 32.0 Å². The van der Waals surface area contributed by atoms with Gasteiger partial charge in [-0.1, -0.05) is 0 Å². The molecule has 0 aromatic rings. The zero-order chi connectivity index (χ0) is 14.8. The summed E-state index contributed by atoms with van der Waals surface area (Å²) < 4.78 is 16.0. The first-order valence-corrected chi connectivity index (χ1v) is 8.95. The first kappa shape index (κ1) is 17.7. The molecule has 1 aliphatic rings. The van der Waals surface area contributed by atoms with Crippen molar-refractivity contribution < 1.29 is 34.4 Å². The Balaban J connectivity index is 2.67. The predicted octanol–water partition coefficient (Wildman–Crippen LogP) is -0.629. The second-order valence-corrected chi connectivity index (χ2v) is 8.77. The normalized spacial score (nSPS) is 38.2. The summed E-state index contributed by atoms with van der Waals surface area (Å²) in [6.45, 7) is 1.76. The van der Waals surface area contributed by atoms with E-state index in [1.807, 2.05) is 0 Å². The molecule has 0 spiro atoms. The molecule has 7 nitrogen and oxygen atoms in total. The fraction of sp³-hybridized carbons (Fsp3) is 1.00. The highest BCUT2D eigenvalue weighted by Gasteiger charge is 2.44. The molecule has 0 aliphatic carbocycles. The number of rotatable bonds is 5. The van der Waals surface area contributed by atoms with E-state index in [1.54, 1.807) is 6.92 Å². The molecule has 1 heterocycles. The van der Waals surface area contributed by atoms with Crippen LogP contribution in [0.2, 0.25) is 0 Å². The molecule has 0 aromatic heterocycles. The van der Waals surface area contributed by atoms with Crippen molar-refractivity contribution in [2.24, 2.45) is 0 Å². The Morgan fingerprint density at radius 2 is 1.84 bits per heavy atom. The summed E-state index contributed by atoms with van der Waals surface area (Å²) in [5.74, 6) is 0. The van der Waals surface area contributed by atoms with Crippen molar-refractivity contribution in [1.82, 2.24) is 0 Å². The van der Waals surface area contributed by atoms with Gasteiger partial charge in [-0.15, -0.1) is 11.8 Å². The molecule has 19 heavy (non-hydrogen) atoms. The highest BCUT2D eigenvalue weighted by atomic mass is 32.2. The van der Waals surface area contributed by atoms with Crippen LogP contribution in [0.4, 0.5) is 0 Å². The van der Waals surface area contributed by atoms with Crippen LogP contribution in [-0.2, 0) is 9.30 Å². The van der Waals surface area contributed by atoms with Crippen LogP contribution in [0.15, 0.2) is 0 Å². The van der Waals surface area contributed by atoms with E-state index < -0.39 is 43.6 Å². The van der Waals surface area contributed by atoms with Crippen molar-refractivity contribution in [2.75, 3.05) is 6.16 Å². The average molecular weight is 334 g/mol. The maximum absolute atomic E-state index is 10.8. The summed E-state index contributed by atoms with van der Waals surface area (Å²) in [6.07, 6.45) is -5.57. The molecular weight excluding hydrogens is 315 g/mol. The van der Waals surface area contributed by atoms with E-state index >= 15 is 0 Å². The fourth-order valence-electron chi connectivity index (χ4n) is 1.76. The van der Waals surface area contributed by atoms with Crippen molar-refractivity contribution in [3.8, 4) is 0 Å². The van der Waals surface area contributed by atoms with Gasteiger partial charge in [-0.2, -0.15) is 12.6 Å². The van der Waals surface area contributed by atoms with Crippen LogP contribution < -0.4 is 0 Å². The van der Waals surface area contributed by atoms with Gasteiger partial charge in [-0.3, -0.25) is 4.57 Å². The lowest BCUT2D eigenvalue weighted by Crippen LogP contribution is -2.56. The Morgan fingerprint density at radius 1 is 1.26 bits per heavy atom. The van der Waals surface area contributed by atoms with E-state index in [2.05, 4.69) is 12.6 Å². The zero-order valence-electron chi connectivity index (χ0n) is 10.2. The second-order valence-electron chi connectivity index (χ2n) is 4.43. The van der Waals surface area contributed by atoms with Crippen molar-refractivity contribution in [3.05, 3.63) is 0 Å². The van der Waals surface area contributed by atoms with Gasteiger partial charge in [0, 0.05) is 4.58 Å². The van der Waals surface area contributed by atoms with Gasteiger partial charge < -0.3 is 29.8 Å². The molecule has 0 aromatic carbocycles. The molecule has 10 heteroatoms. The third-order valence-electron chi connectivity index (χ3n) is 2.70. The maximum Gasteiger partial charge on any atom is 0.325 e. The van der Waals surface area contributed by atoms with Gasteiger partial charge in [0.1, 0.15) is 23.7 Å². The lowest BCUT2D eigenvalue weighted by molar-refractivity contribution is -0.197. The maximum atomic E-state index is 10.8. The Hall–Kier alpha value is 0.690. The predicted molar refractivity (Wildman–Crippen MR) is 74.2 cm³/mol. The van der Waals surface area contributed by atoms with Crippen LogP contribution in [0, 0.1) is 0 Å². The molecule has 2 unspecified atom stereocenters. The minimum absolute atomic E-state index is 0.104. The molecule has 5 N–H and O–H groups in total. The quantitative estimate of drug-likeness (QED) is 0.223. The van der Waals surface area contributed by atoms with Crippen LogP contribution in [0.5, 0.6) is 0 Å². The van der Waals surface area contributed by atoms with Crippen LogP contribution in [-0.4, -0.2) is 65.7 Å². The molecule has 114 valence electrons. The Morgan fingerprint density at radius 3 is 2.32 bits per heavy atom. The SMILES string of the molecule is CC(S)SC1O[C@H](CCP(=O)(O)O)[C@@H](O)[C@H](O)[C@@H]1O. The van der Waals surface area contributed by atoms with Gasteiger partial charge in [0.05, 0.1) is 12.3 Å². The molecule has 1 rings (SSSR count). The molecule has 0 radical (unpaired) electrons. The second kappa shape index (κ2) is 7.11. The van der Waals surface area contributed by atoms with Gasteiger partial charge >= 0.3 is 7.60 Å². The van der Waals surface area contributed by atoms with E-state index in [0.29, 0.717) is 0 Å². The molecule has 0 bridgehead atoms. The molecule has 1 fully saturated rings. The number of hydrogen-bond donors (Lipinski definition) is 6. The van der Waals surface area contributed by atoms with E-state index in [1.165, 1.54) is 0 Å². The third kappa shape index (κ3) is 5.53. The monoisotopic (exact) mass is 334 g/mol. The van der Waals surface area contributed by atoms with Gasteiger partial charge in [0.25, 0.3) is 0 Å². The van der Waals surface area contributed by atoms with Crippen molar-refractivity contribution in [1.29, 1.82) is 0 Å². The molecule has 0 amide bonds. The van der Waals surface area contributed by atoms with Crippen LogP contribution in [0.3, 0.4) is 0 Å². The van der Waals surface area contributed by atoms with Gasteiger partial charge in [-0.05, 0) is 13.3 Å². The van der Waals surface area contributed by atoms with Gasteiger partial charge in [0.15, 0.2) is 0 Å². The minimum Gasteiger partial charge on any atom is -0.388 e. The third-order valence-corrected chi connectivity index (χ3v) is 4.96. The largest absolute Gasteiger partial charge is 0.388 e. The van der Waals surface area contributed by atoms with E-state index in [9.17, 15) is 19.9 Å². The minimum atomic E-state index is -4.20. The molecule has 6 atom stereocenters. The number of hydrogen-bond acceptors (Lipinski definition) is 7. The standard InChI is InChI=1S/C9H19O7PS2/c1-4(18)19-9-8(12)7(11)6(10)5(16-9)2-3-17(13,14)15/h4-12,18H,2-3H2,1H3,(H2,13,14,15)/t4?,5-,6-,7+,8+,9?/m1/s1. The number of aliphatic hydroxyl groups excluding tert-OH is 3. The first-order chi connectivity index (χ1) is 8.61. The van der Waals surface area contributed by atoms with Crippen molar-refractivity contribution in [3.63, 3.8) is 0 Å². The highest BCUT2D eigenvalue weighted by molar-refractivity contribution is 8.10. The van der Waals surface area contributed by atoms with Crippen molar-refractivity contribution >= 4 is 32.0 Å². The van der Waals surface area contributed by atoms with E-state index in [-0.39, 0.29) is 11.0 Å². The van der Waals surface area contributed by atoms with Gasteiger partial charge in [-0.25, -0.2) is 0 Å². The van der Waals surface area contributed by atoms with Crippen molar-refractivity contribution in [2.45, 2.75) is 47.8 Å². The Labute approximate surface area is 120 Å². The van der Waals surface area contributed by atoms with E-state index in [4.69, 9.17) is 14.5 Å². The smallest absolute Gasteiger partial charge is 0.325 e. The summed E-state index contributed by atoms with van der Waals surface area (Å²) in [7, 11) is -4.20. The fourth-order valence-corrected chi connectivity index (χ4v) is 3.62. The average Bonchev–Trinajstić information content (AvgIpc) is 2.26. The summed E-state index contributed by atoms with van der Waals surface area (Å²) in [6, 6.07) is 0. The van der Waals surface area contributed by atoms with Crippen LogP contribution in [0.25, 0.3) is 0 Å². The van der Waals surface area contributed by atoms with E-state index in [0.717, 1.165) is 11.8 Å². The summed E-state index contributed by atoms with van der Waals surface area (Å²) in [5.41, 5.74) is -0.798. The molecular formula is C9H19O7PS2. The Kier molecular flexibility index (Phi) is 6.63. The zero-order valence-corrected chi connectivity index (χ0v) is 12.8. The summed E-state index contributed by atoms with van der Waals surface area (Å²) >= 11 is 5.29. The molecule has 0 saturated carbocycles. The Bertz CT molecular complexity index is 337. The molecule has 1 saturated heterocycles. The number of thiol groups is 1. The summed E-state index contributed by atoms with van der Waals surface area (Å²) in [5, 5.41) is 29.2. The highest BCUT2D eigenvalue weighted by Crippen LogP contribution is 2.38. The topological polar surface area (TPSA) is 127 Å². The lowest BCUT2D eigenvalue weighted by atomic mass is 9.98. The number of ether oxygens (including phenoxy) is 1. The van der Waals surface area contributed by atoms with Gasteiger partial charge in [0.2, 0.25) is 0 Å². The molecule has 1 aliphatic heterocycles. The number of thioether (sulfide) groups is 1. The lowest BCUT2D eigenvalue weighted by Gasteiger charge is -2.40. The first-order valence-electron chi connectivity index (χ1n) is 5.69. The van der Waals surface area contributed by atoms with Crippen LogP contribution in [0.1, 0.15) is 13.3 Å². The number of aliphatic hydroxyl groups is 3. The summed E-state index contributed by atoms with van der Waals surface area (Å²) in [4.78, 5) is 17.6.